The van der Waals surface area contributed by atoms with E-state index in [0.29, 0.717) is 16.5 Å². The van der Waals surface area contributed by atoms with Gasteiger partial charge < -0.3 is 10.1 Å². The maximum atomic E-state index is 11.3. The smallest absolute Gasteiger partial charge is 0.163 e. The fraction of sp³-hybridized carbons (Fsp3) is 0.167. The fourth-order valence-electron chi connectivity index (χ4n) is 1.73. The van der Waals surface area contributed by atoms with Gasteiger partial charge in [0.25, 0.3) is 0 Å². The van der Waals surface area contributed by atoms with Gasteiger partial charge in [0.05, 0.1) is 5.56 Å². The second-order valence-electron chi connectivity index (χ2n) is 3.73. The van der Waals surface area contributed by atoms with Crippen molar-refractivity contribution in [3.63, 3.8) is 0 Å². The molecule has 16 heavy (non-hydrogen) atoms. The van der Waals surface area contributed by atoms with Gasteiger partial charge in [-0.1, -0.05) is 0 Å². The zero-order valence-corrected chi connectivity index (χ0v) is 9.00. The van der Waals surface area contributed by atoms with Crippen molar-refractivity contribution in [2.24, 2.45) is 0 Å². The summed E-state index contributed by atoms with van der Waals surface area (Å²) in [5.74, 6) is -0.387. The Hall–Kier alpha value is -2.10. The summed E-state index contributed by atoms with van der Waals surface area (Å²) in [4.78, 5) is 25.4. The van der Waals surface area contributed by atoms with Crippen LogP contribution in [-0.4, -0.2) is 21.7 Å². The van der Waals surface area contributed by atoms with Gasteiger partial charge in [-0.15, -0.1) is 0 Å². The number of hydrogen-bond acceptors (Lipinski definition) is 3. The monoisotopic (exact) mass is 217 g/mol. The molecule has 2 rings (SSSR count). The quantitative estimate of drug-likeness (QED) is 0.758. The molecule has 1 aromatic carbocycles. The van der Waals surface area contributed by atoms with Gasteiger partial charge in [-0.2, -0.15) is 0 Å². The zero-order chi connectivity index (χ0) is 11.9. The molecule has 2 N–H and O–H groups in total. The molecule has 1 heterocycles. The second kappa shape index (κ2) is 3.48. The van der Waals surface area contributed by atoms with Crippen LogP contribution in [0.25, 0.3) is 10.9 Å². The van der Waals surface area contributed by atoms with Gasteiger partial charge in [-0.25, -0.2) is 0 Å². The average molecular weight is 217 g/mol. The number of phenols is 1. The molecule has 4 nitrogen and oxygen atoms in total. The summed E-state index contributed by atoms with van der Waals surface area (Å²) in [6.07, 6.45) is 1.58. The SMILES string of the molecule is CC(=O)c1cc2[nH]cc(C(C)=O)c2cc1O. The van der Waals surface area contributed by atoms with Gasteiger partial charge in [-0.05, 0) is 26.0 Å². The van der Waals surface area contributed by atoms with Crippen LogP contribution in [0.5, 0.6) is 5.75 Å². The van der Waals surface area contributed by atoms with E-state index in [0.717, 1.165) is 0 Å². The Morgan fingerprint density at radius 2 is 1.75 bits per heavy atom. The highest BCUT2D eigenvalue weighted by Crippen LogP contribution is 2.27. The molecule has 0 unspecified atom stereocenters. The second-order valence-corrected chi connectivity index (χ2v) is 3.73. The Morgan fingerprint density at radius 1 is 1.12 bits per heavy atom. The first-order valence-electron chi connectivity index (χ1n) is 4.86. The highest BCUT2D eigenvalue weighted by atomic mass is 16.3. The normalized spacial score (nSPS) is 10.6. The maximum absolute atomic E-state index is 11.3. The van der Waals surface area contributed by atoms with E-state index in [9.17, 15) is 14.7 Å². The number of phenolic OH excluding ortho intramolecular Hbond substituents is 1. The van der Waals surface area contributed by atoms with Gasteiger partial charge in [0, 0.05) is 22.7 Å². The minimum absolute atomic E-state index is 0.0822. The number of aromatic amines is 1. The van der Waals surface area contributed by atoms with Gasteiger partial charge in [-0.3, -0.25) is 9.59 Å². The molecule has 0 aliphatic heterocycles. The lowest BCUT2D eigenvalue weighted by molar-refractivity contribution is 0.100. The summed E-state index contributed by atoms with van der Waals surface area (Å²) in [5.41, 5.74) is 1.44. The molecule has 0 spiro atoms. The Kier molecular flexibility index (Phi) is 2.27. The summed E-state index contributed by atoms with van der Waals surface area (Å²) in [6, 6.07) is 3.00. The maximum Gasteiger partial charge on any atom is 0.163 e. The number of ketones is 2. The molecule has 82 valence electrons. The number of rotatable bonds is 2. The summed E-state index contributed by atoms with van der Waals surface area (Å²) in [6.45, 7) is 2.84. The van der Waals surface area contributed by atoms with E-state index in [1.165, 1.54) is 19.9 Å². The predicted molar refractivity (Wildman–Crippen MR) is 60.0 cm³/mol. The molecule has 2 aromatic rings. The lowest BCUT2D eigenvalue weighted by Gasteiger charge is -2.01. The van der Waals surface area contributed by atoms with Gasteiger partial charge in [0.1, 0.15) is 5.75 Å². The van der Waals surface area contributed by atoms with Crippen molar-refractivity contribution >= 4 is 22.5 Å². The van der Waals surface area contributed by atoms with E-state index >= 15 is 0 Å². The number of aromatic nitrogens is 1. The van der Waals surface area contributed by atoms with Crippen LogP contribution in [0.1, 0.15) is 34.6 Å². The molecule has 0 fully saturated rings. The fourth-order valence-corrected chi connectivity index (χ4v) is 1.73. The van der Waals surface area contributed by atoms with E-state index in [4.69, 9.17) is 0 Å². The Labute approximate surface area is 91.9 Å². The van der Waals surface area contributed by atoms with E-state index < -0.39 is 0 Å². The van der Waals surface area contributed by atoms with Crippen molar-refractivity contribution in [3.05, 3.63) is 29.5 Å². The zero-order valence-electron chi connectivity index (χ0n) is 9.00. The van der Waals surface area contributed by atoms with E-state index in [-0.39, 0.29) is 22.9 Å². The van der Waals surface area contributed by atoms with Crippen LogP contribution in [-0.2, 0) is 0 Å². The first-order valence-corrected chi connectivity index (χ1v) is 4.86. The largest absolute Gasteiger partial charge is 0.507 e. The van der Waals surface area contributed by atoms with Crippen LogP contribution in [0.2, 0.25) is 0 Å². The third kappa shape index (κ3) is 1.48. The van der Waals surface area contributed by atoms with Crippen molar-refractivity contribution in [2.75, 3.05) is 0 Å². The molecule has 0 radical (unpaired) electrons. The molecule has 1 aromatic heterocycles. The Balaban J connectivity index is 2.76. The number of nitrogens with one attached hydrogen (secondary N) is 1. The molecule has 0 saturated heterocycles. The van der Waals surface area contributed by atoms with Crippen LogP contribution in [0.3, 0.4) is 0 Å². The minimum Gasteiger partial charge on any atom is -0.507 e. The number of H-pyrrole nitrogens is 1. The first-order chi connectivity index (χ1) is 7.50. The van der Waals surface area contributed by atoms with Gasteiger partial charge >= 0.3 is 0 Å². The predicted octanol–water partition coefficient (Wildman–Crippen LogP) is 2.28. The van der Waals surface area contributed by atoms with Crippen LogP contribution in [0.4, 0.5) is 0 Å². The van der Waals surface area contributed by atoms with Crippen molar-refractivity contribution in [1.82, 2.24) is 4.98 Å². The molecule has 0 atom stereocenters. The molecule has 0 aliphatic rings. The molecule has 4 heteroatoms. The van der Waals surface area contributed by atoms with E-state index in [1.54, 1.807) is 12.3 Å². The number of fused-ring (bicyclic) bond motifs is 1. The van der Waals surface area contributed by atoms with Gasteiger partial charge in [0.15, 0.2) is 11.6 Å². The van der Waals surface area contributed by atoms with Crippen LogP contribution in [0.15, 0.2) is 18.3 Å². The average Bonchev–Trinajstić information content (AvgIpc) is 2.58. The molecular formula is C12H11NO3. The van der Waals surface area contributed by atoms with Crippen LogP contribution < -0.4 is 0 Å². The van der Waals surface area contributed by atoms with Crippen molar-refractivity contribution in [2.45, 2.75) is 13.8 Å². The van der Waals surface area contributed by atoms with Crippen molar-refractivity contribution < 1.29 is 14.7 Å². The summed E-state index contributed by atoms with van der Waals surface area (Å²) < 4.78 is 0. The third-order valence-corrected chi connectivity index (χ3v) is 2.56. The number of carbonyl (C=O) groups excluding carboxylic acids is 2. The molecular weight excluding hydrogens is 206 g/mol. The molecule has 0 amide bonds. The number of carbonyl (C=O) groups is 2. The number of benzene rings is 1. The highest BCUT2D eigenvalue weighted by molar-refractivity contribution is 6.09. The molecule has 0 saturated carbocycles. The number of aromatic hydroxyl groups is 1. The van der Waals surface area contributed by atoms with E-state index in [1.807, 2.05) is 0 Å². The standard InChI is InChI=1S/C12H11NO3/c1-6(14)8-3-11-9(4-12(8)16)10(5-13-11)7(2)15/h3-5,13,16H,1-2H3. The lowest BCUT2D eigenvalue weighted by Crippen LogP contribution is -1.93. The summed E-state index contributed by atoms with van der Waals surface area (Å²) in [5, 5.41) is 10.3. The van der Waals surface area contributed by atoms with E-state index in [2.05, 4.69) is 4.98 Å². The lowest BCUT2D eigenvalue weighted by atomic mass is 10.0. The molecule has 0 aliphatic carbocycles. The summed E-state index contributed by atoms with van der Waals surface area (Å²) in [7, 11) is 0. The Bertz CT molecular complexity index is 596. The van der Waals surface area contributed by atoms with Crippen molar-refractivity contribution in [3.8, 4) is 5.75 Å². The first kappa shape index (κ1) is 10.4. The van der Waals surface area contributed by atoms with Crippen LogP contribution in [0, 0.1) is 0 Å². The topological polar surface area (TPSA) is 70.2 Å². The van der Waals surface area contributed by atoms with Crippen LogP contribution >= 0.6 is 0 Å². The number of hydrogen-bond donors (Lipinski definition) is 2. The Morgan fingerprint density at radius 3 is 2.31 bits per heavy atom. The third-order valence-electron chi connectivity index (χ3n) is 2.56. The van der Waals surface area contributed by atoms with Gasteiger partial charge in [0.2, 0.25) is 0 Å². The van der Waals surface area contributed by atoms with Crippen molar-refractivity contribution in [1.29, 1.82) is 0 Å². The number of Topliss-reactive ketones (excluding diaryl/α,β-unsaturated/α-hetero) is 2. The molecule has 0 bridgehead atoms. The summed E-state index contributed by atoms with van der Waals surface area (Å²) >= 11 is 0. The highest BCUT2D eigenvalue weighted by Gasteiger charge is 2.13. The minimum atomic E-state index is -0.210.